The molecule has 0 spiro atoms. The Morgan fingerprint density at radius 2 is 0.880 bits per heavy atom. The quantitative estimate of drug-likeness (QED) is 0.591. The molecule has 0 aromatic carbocycles. The molecule has 25 heavy (non-hydrogen) atoms. The number of carbonyl (C=O) groups excluding carboxylic acids is 2. The molecule has 2 N–H and O–H groups in total. The maximum atomic E-state index is 12.3. The van der Waals surface area contributed by atoms with Crippen molar-refractivity contribution in [1.29, 1.82) is 0 Å². The number of rotatable bonds is 4. The fourth-order valence-corrected chi connectivity index (χ4v) is 3.29. The van der Waals surface area contributed by atoms with Crippen molar-refractivity contribution in [3.63, 3.8) is 0 Å². The first-order chi connectivity index (χ1) is 11.9. The zero-order valence-corrected chi connectivity index (χ0v) is 14.0. The summed E-state index contributed by atoms with van der Waals surface area (Å²) in [6, 6.07) is 0. The van der Waals surface area contributed by atoms with Crippen molar-refractivity contribution in [1.82, 2.24) is 0 Å². The minimum atomic E-state index is -1.18. The molecular weight excluding hydrogens is 328 g/mol. The van der Waals surface area contributed by atoms with E-state index in [1.165, 1.54) is 0 Å². The van der Waals surface area contributed by atoms with Gasteiger partial charge in [0.05, 0.1) is 0 Å². The highest BCUT2D eigenvalue weighted by Crippen LogP contribution is 2.28. The third-order valence-corrected chi connectivity index (χ3v) is 4.63. The van der Waals surface area contributed by atoms with Crippen molar-refractivity contribution >= 4 is 23.9 Å². The van der Waals surface area contributed by atoms with Gasteiger partial charge in [-0.1, -0.05) is 12.8 Å². The van der Waals surface area contributed by atoms with Gasteiger partial charge in [-0.15, -0.1) is 0 Å². The lowest BCUT2D eigenvalue weighted by Crippen LogP contribution is -2.21. The second-order valence-corrected chi connectivity index (χ2v) is 6.32. The second kappa shape index (κ2) is 8.60. The van der Waals surface area contributed by atoms with E-state index in [1.807, 2.05) is 0 Å². The highest BCUT2D eigenvalue weighted by Gasteiger charge is 2.29. The van der Waals surface area contributed by atoms with Crippen LogP contribution in [0.2, 0.25) is 0 Å². The number of esters is 2. The van der Waals surface area contributed by atoms with Crippen LogP contribution in [0, 0.1) is 0 Å². The molecule has 2 aliphatic rings. The Morgan fingerprint density at radius 1 is 0.560 bits per heavy atom. The van der Waals surface area contributed by atoms with Crippen molar-refractivity contribution in [3.8, 4) is 0 Å². The molecule has 7 nitrogen and oxygen atoms in total. The lowest BCUT2D eigenvalue weighted by molar-refractivity contribution is -0.155. The van der Waals surface area contributed by atoms with Gasteiger partial charge in [-0.05, 0) is 51.4 Å². The molecule has 2 aliphatic carbocycles. The normalized spacial score (nSPS) is 19.0. The summed E-state index contributed by atoms with van der Waals surface area (Å²) in [5.41, 5.74) is 0.0149. The number of aliphatic carboxylic acids is 2. The Labute approximate surface area is 145 Å². The molecule has 0 fully saturated rings. The Hall–Kier alpha value is -2.44. The lowest BCUT2D eigenvalue weighted by Gasteiger charge is -2.11. The summed E-state index contributed by atoms with van der Waals surface area (Å²) >= 11 is 0. The van der Waals surface area contributed by atoms with Crippen molar-refractivity contribution in [2.24, 2.45) is 0 Å². The topological polar surface area (TPSA) is 118 Å². The maximum absolute atomic E-state index is 12.3. The molecular formula is C18H22O7. The van der Waals surface area contributed by atoms with Crippen LogP contribution < -0.4 is 0 Å². The van der Waals surface area contributed by atoms with Crippen LogP contribution in [0.4, 0.5) is 0 Å². The summed E-state index contributed by atoms with van der Waals surface area (Å²) in [4.78, 5) is 47.4. The molecule has 0 aromatic rings. The molecule has 0 unspecified atom stereocenters. The van der Waals surface area contributed by atoms with Gasteiger partial charge in [0.1, 0.15) is 0 Å². The Kier molecular flexibility index (Phi) is 6.50. The Bertz CT molecular complexity index is 598. The molecule has 136 valence electrons. The van der Waals surface area contributed by atoms with Crippen LogP contribution in [0.1, 0.15) is 64.2 Å². The summed E-state index contributed by atoms with van der Waals surface area (Å²) in [6.45, 7) is 0. The predicted molar refractivity (Wildman–Crippen MR) is 86.6 cm³/mol. The van der Waals surface area contributed by atoms with E-state index in [0.717, 1.165) is 12.8 Å². The fraction of sp³-hybridized carbons (Fsp3) is 0.556. The van der Waals surface area contributed by atoms with E-state index in [0.29, 0.717) is 25.7 Å². The summed E-state index contributed by atoms with van der Waals surface area (Å²) in [5.74, 6) is -4.29. The van der Waals surface area contributed by atoms with Gasteiger partial charge in [-0.3, -0.25) is 0 Å². The van der Waals surface area contributed by atoms with Gasteiger partial charge in [0.25, 0.3) is 0 Å². The number of hydrogen-bond acceptors (Lipinski definition) is 5. The van der Waals surface area contributed by atoms with E-state index < -0.39 is 23.9 Å². The SMILES string of the molecule is O=C(O)C1=C(C(=O)OC(=O)C2=C(C(=O)O)CCCCC2)CCCCC1. The molecule has 0 heterocycles. The monoisotopic (exact) mass is 350 g/mol. The first kappa shape index (κ1) is 18.9. The van der Waals surface area contributed by atoms with E-state index in [-0.39, 0.29) is 48.0 Å². The van der Waals surface area contributed by atoms with E-state index in [9.17, 15) is 29.4 Å². The van der Waals surface area contributed by atoms with Crippen LogP contribution >= 0.6 is 0 Å². The number of carboxylic acid groups (broad SMARTS) is 2. The smallest absolute Gasteiger partial charge is 0.342 e. The first-order valence-corrected chi connectivity index (χ1v) is 8.59. The molecule has 0 saturated carbocycles. The van der Waals surface area contributed by atoms with Crippen molar-refractivity contribution < 1.29 is 34.1 Å². The van der Waals surface area contributed by atoms with E-state index in [4.69, 9.17) is 4.74 Å². The molecule has 7 heteroatoms. The molecule has 0 radical (unpaired) electrons. The summed E-state index contributed by atoms with van der Waals surface area (Å²) in [7, 11) is 0. The predicted octanol–water partition coefficient (Wildman–Crippen LogP) is 2.75. The van der Waals surface area contributed by atoms with Gasteiger partial charge < -0.3 is 14.9 Å². The summed E-state index contributed by atoms with van der Waals surface area (Å²) < 4.78 is 4.88. The second-order valence-electron chi connectivity index (χ2n) is 6.32. The molecule has 0 amide bonds. The third kappa shape index (κ3) is 4.78. The van der Waals surface area contributed by atoms with Crippen LogP contribution in [0.3, 0.4) is 0 Å². The van der Waals surface area contributed by atoms with Gasteiger partial charge in [0.2, 0.25) is 0 Å². The standard InChI is InChI=1S/C18H22O7/c19-15(20)11-7-3-1-5-9-13(11)17(23)25-18(24)14-10-6-2-4-8-12(14)16(21)22/h1-10H2,(H,19,20)(H,21,22). The van der Waals surface area contributed by atoms with E-state index >= 15 is 0 Å². The molecule has 0 aliphatic heterocycles. The van der Waals surface area contributed by atoms with E-state index in [1.54, 1.807) is 0 Å². The Balaban J connectivity index is 2.24. The van der Waals surface area contributed by atoms with Crippen LogP contribution in [0.25, 0.3) is 0 Å². The average Bonchev–Trinajstić information content (AvgIpc) is 2.95. The summed E-state index contributed by atoms with van der Waals surface area (Å²) in [5, 5.41) is 18.6. The zero-order valence-electron chi connectivity index (χ0n) is 14.0. The van der Waals surface area contributed by atoms with Gasteiger partial charge in [-0.2, -0.15) is 0 Å². The third-order valence-electron chi connectivity index (χ3n) is 4.63. The number of hydrogen-bond donors (Lipinski definition) is 2. The van der Waals surface area contributed by atoms with Crippen LogP contribution in [0.15, 0.2) is 22.3 Å². The van der Waals surface area contributed by atoms with Crippen molar-refractivity contribution in [3.05, 3.63) is 22.3 Å². The van der Waals surface area contributed by atoms with Crippen molar-refractivity contribution in [2.45, 2.75) is 64.2 Å². The van der Waals surface area contributed by atoms with Gasteiger partial charge in [0.15, 0.2) is 0 Å². The average molecular weight is 350 g/mol. The fourth-order valence-electron chi connectivity index (χ4n) is 3.29. The minimum absolute atomic E-state index is 0.0106. The van der Waals surface area contributed by atoms with Crippen molar-refractivity contribution in [2.75, 3.05) is 0 Å². The number of carboxylic acids is 2. The minimum Gasteiger partial charge on any atom is -0.478 e. The van der Waals surface area contributed by atoms with Gasteiger partial charge in [0, 0.05) is 22.3 Å². The van der Waals surface area contributed by atoms with Crippen LogP contribution in [0.5, 0.6) is 0 Å². The van der Waals surface area contributed by atoms with Crippen LogP contribution in [-0.4, -0.2) is 34.1 Å². The highest BCUT2D eigenvalue weighted by molar-refractivity contribution is 6.08. The van der Waals surface area contributed by atoms with E-state index in [2.05, 4.69) is 0 Å². The lowest BCUT2D eigenvalue weighted by atomic mass is 10.0. The molecule has 0 aromatic heterocycles. The molecule has 0 saturated heterocycles. The number of carbonyl (C=O) groups is 4. The summed E-state index contributed by atoms with van der Waals surface area (Å²) in [6.07, 6.45) is 5.26. The molecule has 2 rings (SSSR count). The van der Waals surface area contributed by atoms with Crippen LogP contribution in [-0.2, 0) is 23.9 Å². The molecule has 0 bridgehead atoms. The van der Waals surface area contributed by atoms with Gasteiger partial charge in [-0.25, -0.2) is 19.2 Å². The van der Waals surface area contributed by atoms with Gasteiger partial charge >= 0.3 is 23.9 Å². The zero-order chi connectivity index (χ0) is 18.4. The maximum Gasteiger partial charge on any atom is 0.342 e. The largest absolute Gasteiger partial charge is 0.478 e. The number of ether oxygens (including phenoxy) is 1. The highest BCUT2D eigenvalue weighted by atomic mass is 16.6. The Morgan fingerprint density at radius 3 is 1.20 bits per heavy atom. The molecule has 0 atom stereocenters. The first-order valence-electron chi connectivity index (χ1n) is 8.59.